The van der Waals surface area contributed by atoms with Gasteiger partial charge >= 0.3 is 11.9 Å². The number of rotatable bonds is 6. The lowest BCUT2D eigenvalue weighted by Gasteiger charge is -2.21. The molecule has 0 bridgehead atoms. The Morgan fingerprint density at radius 2 is 1.63 bits per heavy atom. The lowest BCUT2D eigenvalue weighted by Crippen LogP contribution is -2.43. The molecule has 2 aromatic rings. The van der Waals surface area contributed by atoms with Gasteiger partial charge < -0.3 is 25.8 Å². The van der Waals surface area contributed by atoms with Gasteiger partial charge in [0.15, 0.2) is 5.96 Å². The molecule has 9 nitrogen and oxygen atoms in total. The van der Waals surface area contributed by atoms with Crippen molar-refractivity contribution in [1.82, 2.24) is 5.32 Å². The summed E-state index contributed by atoms with van der Waals surface area (Å²) in [6.07, 6.45) is 0. The number of amides is 1. The Bertz CT molecular complexity index is 862. The van der Waals surface area contributed by atoms with Gasteiger partial charge in [-0.15, -0.1) is 0 Å². The van der Waals surface area contributed by atoms with E-state index in [1.165, 1.54) is 60.5 Å². The van der Waals surface area contributed by atoms with Crippen LogP contribution in [0, 0.1) is 5.41 Å². The first-order valence-corrected chi connectivity index (χ1v) is 7.79. The Labute approximate surface area is 154 Å². The highest BCUT2D eigenvalue weighted by molar-refractivity contribution is 5.99. The number of anilines is 1. The summed E-state index contributed by atoms with van der Waals surface area (Å²) in [4.78, 5) is 35.8. The molecule has 0 radical (unpaired) electrons. The SMILES string of the molecule is CNC(=O)CN(C(=N)N)c1ccc(C(=O)Oc2ccc(C(=O)O)cc2)cc1. The minimum atomic E-state index is -1.07. The number of ether oxygens (including phenoxy) is 1. The van der Waals surface area contributed by atoms with E-state index in [0.29, 0.717) is 5.69 Å². The van der Waals surface area contributed by atoms with E-state index in [1.54, 1.807) is 0 Å². The summed E-state index contributed by atoms with van der Waals surface area (Å²) < 4.78 is 5.19. The summed E-state index contributed by atoms with van der Waals surface area (Å²) in [6, 6.07) is 11.5. The maximum atomic E-state index is 12.2. The molecule has 2 aromatic carbocycles. The highest BCUT2D eigenvalue weighted by Gasteiger charge is 2.15. The quantitative estimate of drug-likeness (QED) is 0.257. The van der Waals surface area contributed by atoms with Gasteiger partial charge in [-0.2, -0.15) is 0 Å². The van der Waals surface area contributed by atoms with Gasteiger partial charge in [0.1, 0.15) is 12.3 Å². The number of carboxylic acid groups (broad SMARTS) is 1. The number of nitrogens with zero attached hydrogens (tertiary/aromatic N) is 1. The van der Waals surface area contributed by atoms with Crippen molar-refractivity contribution in [3.05, 3.63) is 59.7 Å². The molecule has 0 aromatic heterocycles. The van der Waals surface area contributed by atoms with E-state index in [0.717, 1.165) is 0 Å². The van der Waals surface area contributed by atoms with Crippen LogP contribution in [0.5, 0.6) is 5.75 Å². The molecule has 0 aliphatic carbocycles. The number of nitrogens with two attached hydrogens (primary N) is 1. The number of carbonyl (C=O) groups excluding carboxylic acids is 2. The van der Waals surface area contributed by atoms with Crippen LogP contribution in [0.1, 0.15) is 20.7 Å². The number of aromatic carboxylic acids is 1. The number of likely N-dealkylation sites (N-methyl/N-ethyl adjacent to an activating group) is 1. The second-order valence-electron chi connectivity index (χ2n) is 5.41. The van der Waals surface area contributed by atoms with Gasteiger partial charge in [0.25, 0.3) is 0 Å². The maximum Gasteiger partial charge on any atom is 0.343 e. The molecule has 0 saturated heterocycles. The Kier molecular flexibility index (Phi) is 6.10. The molecule has 0 spiro atoms. The zero-order chi connectivity index (χ0) is 20.0. The third kappa shape index (κ3) is 5.05. The fourth-order valence-electron chi connectivity index (χ4n) is 2.15. The summed E-state index contributed by atoms with van der Waals surface area (Å²) in [5.74, 6) is -2.13. The number of guanidine groups is 1. The lowest BCUT2D eigenvalue weighted by atomic mass is 10.2. The number of benzene rings is 2. The zero-order valence-electron chi connectivity index (χ0n) is 14.4. The minimum absolute atomic E-state index is 0.0830. The topological polar surface area (TPSA) is 146 Å². The van der Waals surface area contributed by atoms with E-state index in [4.69, 9.17) is 21.0 Å². The third-order valence-corrected chi connectivity index (χ3v) is 3.60. The summed E-state index contributed by atoms with van der Waals surface area (Å²) in [5, 5.41) is 18.9. The van der Waals surface area contributed by atoms with E-state index in [-0.39, 0.29) is 35.3 Å². The molecule has 9 heteroatoms. The first-order valence-electron chi connectivity index (χ1n) is 7.79. The van der Waals surface area contributed by atoms with Gasteiger partial charge in [-0.1, -0.05) is 0 Å². The first-order chi connectivity index (χ1) is 12.8. The van der Waals surface area contributed by atoms with Crippen LogP contribution in [-0.2, 0) is 4.79 Å². The zero-order valence-corrected chi connectivity index (χ0v) is 14.4. The smallest absolute Gasteiger partial charge is 0.343 e. The Morgan fingerprint density at radius 1 is 1.07 bits per heavy atom. The van der Waals surface area contributed by atoms with Gasteiger partial charge in [-0.05, 0) is 48.5 Å². The van der Waals surface area contributed by atoms with E-state index in [9.17, 15) is 14.4 Å². The fraction of sp³-hybridized carbons (Fsp3) is 0.111. The molecule has 5 N–H and O–H groups in total. The molecule has 0 aliphatic heterocycles. The van der Waals surface area contributed by atoms with Crippen LogP contribution in [0.4, 0.5) is 5.69 Å². The largest absolute Gasteiger partial charge is 0.478 e. The van der Waals surface area contributed by atoms with Gasteiger partial charge in [0.05, 0.1) is 11.1 Å². The number of hydrogen-bond donors (Lipinski definition) is 4. The van der Waals surface area contributed by atoms with Crippen molar-refractivity contribution < 1.29 is 24.2 Å². The number of carbonyl (C=O) groups is 3. The molecular weight excluding hydrogens is 352 g/mol. The van der Waals surface area contributed by atoms with Crippen LogP contribution in [0.25, 0.3) is 0 Å². The van der Waals surface area contributed by atoms with E-state index >= 15 is 0 Å². The summed E-state index contributed by atoms with van der Waals surface area (Å²) in [5.41, 5.74) is 6.29. The summed E-state index contributed by atoms with van der Waals surface area (Å²) >= 11 is 0. The monoisotopic (exact) mass is 370 g/mol. The lowest BCUT2D eigenvalue weighted by molar-refractivity contribution is -0.119. The predicted octanol–water partition coefficient (Wildman–Crippen LogP) is 1.05. The molecular formula is C18H18N4O5. The van der Waals surface area contributed by atoms with E-state index < -0.39 is 11.9 Å². The van der Waals surface area contributed by atoms with E-state index in [1.807, 2.05) is 0 Å². The second kappa shape index (κ2) is 8.48. The molecule has 1 amide bonds. The van der Waals surface area contributed by atoms with Gasteiger partial charge in [-0.3, -0.25) is 10.2 Å². The molecule has 0 unspecified atom stereocenters. The fourth-order valence-corrected chi connectivity index (χ4v) is 2.15. The number of carboxylic acids is 1. The molecule has 0 fully saturated rings. The highest BCUT2D eigenvalue weighted by Crippen LogP contribution is 2.18. The van der Waals surface area contributed by atoms with Gasteiger partial charge in [-0.25, -0.2) is 9.59 Å². The van der Waals surface area contributed by atoms with Crippen molar-refractivity contribution in [2.24, 2.45) is 5.73 Å². The van der Waals surface area contributed by atoms with Crippen molar-refractivity contribution in [3.8, 4) is 5.75 Å². The molecule has 0 saturated carbocycles. The van der Waals surface area contributed by atoms with Crippen LogP contribution in [-0.4, -0.2) is 42.5 Å². The average molecular weight is 370 g/mol. The Balaban J connectivity index is 2.10. The number of esters is 1. The molecule has 140 valence electrons. The Morgan fingerprint density at radius 3 is 2.11 bits per heavy atom. The van der Waals surface area contributed by atoms with Crippen molar-refractivity contribution in [2.45, 2.75) is 0 Å². The number of hydrogen-bond acceptors (Lipinski definition) is 5. The number of nitrogens with one attached hydrogen (secondary N) is 2. The first kappa shape index (κ1) is 19.4. The highest BCUT2D eigenvalue weighted by atomic mass is 16.5. The van der Waals surface area contributed by atoms with Crippen LogP contribution >= 0.6 is 0 Å². The van der Waals surface area contributed by atoms with Crippen molar-refractivity contribution >= 4 is 29.5 Å². The summed E-state index contributed by atoms with van der Waals surface area (Å²) in [7, 11) is 1.47. The van der Waals surface area contributed by atoms with Crippen molar-refractivity contribution in [3.63, 3.8) is 0 Å². The van der Waals surface area contributed by atoms with Crippen molar-refractivity contribution in [2.75, 3.05) is 18.5 Å². The minimum Gasteiger partial charge on any atom is -0.478 e. The standard InChI is InChI=1S/C18H18N4O5/c1-21-15(23)10-22(18(19)20)13-6-2-12(3-7-13)17(26)27-14-8-4-11(5-9-14)16(24)25/h2-9H,10H2,1H3,(H3,19,20)(H,21,23)(H,24,25). The Hall–Kier alpha value is -3.88. The average Bonchev–Trinajstić information content (AvgIpc) is 2.66. The normalized spacial score (nSPS) is 9.96. The van der Waals surface area contributed by atoms with Crippen LogP contribution < -0.4 is 20.7 Å². The molecule has 0 atom stereocenters. The van der Waals surface area contributed by atoms with E-state index in [2.05, 4.69) is 5.32 Å². The third-order valence-electron chi connectivity index (χ3n) is 3.60. The van der Waals surface area contributed by atoms with Crippen molar-refractivity contribution in [1.29, 1.82) is 5.41 Å². The molecule has 27 heavy (non-hydrogen) atoms. The molecule has 0 heterocycles. The van der Waals surface area contributed by atoms with Crippen LogP contribution in [0.2, 0.25) is 0 Å². The van der Waals surface area contributed by atoms with Gasteiger partial charge in [0, 0.05) is 12.7 Å². The second-order valence-corrected chi connectivity index (χ2v) is 5.41. The molecule has 2 rings (SSSR count). The predicted molar refractivity (Wildman–Crippen MR) is 98.1 cm³/mol. The van der Waals surface area contributed by atoms with Crippen LogP contribution in [0.3, 0.4) is 0 Å². The van der Waals surface area contributed by atoms with Gasteiger partial charge in [0.2, 0.25) is 5.91 Å². The maximum absolute atomic E-state index is 12.2. The summed E-state index contributed by atoms with van der Waals surface area (Å²) in [6.45, 7) is -0.133. The molecule has 0 aliphatic rings. The van der Waals surface area contributed by atoms with Crippen LogP contribution in [0.15, 0.2) is 48.5 Å².